The van der Waals surface area contributed by atoms with Gasteiger partial charge in [-0.3, -0.25) is 4.79 Å². The Kier molecular flexibility index (Phi) is 4.14. The molecule has 0 N–H and O–H groups in total. The van der Waals surface area contributed by atoms with Crippen LogP contribution in [0.2, 0.25) is 0 Å². The first-order chi connectivity index (χ1) is 10.2. The number of likely N-dealkylation sites (tertiary alicyclic amines) is 1. The van der Waals surface area contributed by atoms with Crippen LogP contribution in [0.1, 0.15) is 31.7 Å². The fourth-order valence-electron chi connectivity index (χ4n) is 2.59. The predicted octanol–water partition coefficient (Wildman–Crippen LogP) is 0.869. The zero-order chi connectivity index (χ0) is 14.8. The van der Waals surface area contributed by atoms with Gasteiger partial charge in [-0.2, -0.15) is 0 Å². The maximum Gasteiger partial charge on any atom is 0.328 e. The van der Waals surface area contributed by atoms with Crippen molar-refractivity contribution in [3.63, 3.8) is 0 Å². The summed E-state index contributed by atoms with van der Waals surface area (Å²) in [6.45, 7) is 0.620. The van der Waals surface area contributed by atoms with Crippen LogP contribution in [0.5, 0.6) is 0 Å². The molecule has 2 aliphatic rings. The van der Waals surface area contributed by atoms with E-state index in [0.717, 1.165) is 24.4 Å². The minimum atomic E-state index is -0.426. The number of methoxy groups -OCH3 is 1. The number of rotatable bonds is 5. The van der Waals surface area contributed by atoms with Gasteiger partial charge in [-0.15, -0.1) is 10.2 Å². The molecule has 21 heavy (non-hydrogen) atoms. The summed E-state index contributed by atoms with van der Waals surface area (Å²) in [5.41, 5.74) is 0. The fourth-order valence-corrected chi connectivity index (χ4v) is 3.46. The van der Waals surface area contributed by atoms with Crippen molar-refractivity contribution in [3.8, 4) is 0 Å². The van der Waals surface area contributed by atoms with Gasteiger partial charge in [-0.05, 0) is 25.7 Å². The van der Waals surface area contributed by atoms with Crippen LogP contribution in [-0.2, 0) is 14.3 Å². The highest BCUT2D eigenvalue weighted by Gasteiger charge is 2.35. The topological polar surface area (TPSA) is 77.3 Å². The SMILES string of the molecule is COC(=O)C1CCCN1C(=O)CSc1nncn1C1CC1. The van der Waals surface area contributed by atoms with Gasteiger partial charge in [-0.25, -0.2) is 4.79 Å². The summed E-state index contributed by atoms with van der Waals surface area (Å²) in [5, 5.41) is 8.75. The quantitative estimate of drug-likeness (QED) is 0.593. The predicted molar refractivity (Wildman–Crippen MR) is 75.8 cm³/mol. The van der Waals surface area contributed by atoms with E-state index in [1.165, 1.54) is 18.9 Å². The number of ether oxygens (including phenoxy) is 1. The number of esters is 1. The molecule has 1 unspecified atom stereocenters. The molecule has 0 spiro atoms. The summed E-state index contributed by atoms with van der Waals surface area (Å²) in [7, 11) is 1.36. The molecule has 0 radical (unpaired) electrons. The van der Waals surface area contributed by atoms with Gasteiger partial charge in [0.25, 0.3) is 0 Å². The molecule has 1 saturated carbocycles. The third-order valence-corrected chi connectivity index (χ3v) is 4.79. The van der Waals surface area contributed by atoms with Crippen molar-refractivity contribution in [1.29, 1.82) is 0 Å². The zero-order valence-corrected chi connectivity index (χ0v) is 12.7. The normalized spacial score (nSPS) is 21.6. The van der Waals surface area contributed by atoms with E-state index >= 15 is 0 Å². The van der Waals surface area contributed by atoms with E-state index in [1.54, 1.807) is 11.2 Å². The van der Waals surface area contributed by atoms with Gasteiger partial charge >= 0.3 is 5.97 Å². The highest BCUT2D eigenvalue weighted by Crippen LogP contribution is 2.37. The number of hydrogen-bond donors (Lipinski definition) is 0. The summed E-state index contributed by atoms with van der Waals surface area (Å²) >= 11 is 1.38. The van der Waals surface area contributed by atoms with E-state index in [-0.39, 0.29) is 17.6 Å². The number of thioether (sulfide) groups is 1. The standard InChI is InChI=1S/C13H18N4O3S/c1-20-12(19)10-3-2-6-16(10)11(18)7-21-13-15-14-8-17(13)9-4-5-9/h8-10H,2-7H2,1H3. The first-order valence-corrected chi connectivity index (χ1v) is 8.09. The van der Waals surface area contributed by atoms with E-state index in [4.69, 9.17) is 4.74 Å². The maximum absolute atomic E-state index is 12.3. The Morgan fingerprint density at radius 1 is 1.43 bits per heavy atom. The lowest BCUT2D eigenvalue weighted by molar-refractivity contribution is -0.150. The molecule has 8 heteroatoms. The Morgan fingerprint density at radius 2 is 2.24 bits per heavy atom. The molecule has 1 amide bonds. The van der Waals surface area contributed by atoms with Crippen LogP contribution >= 0.6 is 11.8 Å². The van der Waals surface area contributed by atoms with Crippen LogP contribution in [0.3, 0.4) is 0 Å². The molecular formula is C13H18N4O3S. The molecule has 0 bridgehead atoms. The molecule has 2 fully saturated rings. The Hall–Kier alpha value is -1.57. The van der Waals surface area contributed by atoms with E-state index in [2.05, 4.69) is 10.2 Å². The van der Waals surface area contributed by atoms with Gasteiger partial charge in [0.1, 0.15) is 12.4 Å². The third kappa shape index (κ3) is 3.04. The van der Waals surface area contributed by atoms with Gasteiger partial charge in [0.05, 0.1) is 12.9 Å². The van der Waals surface area contributed by atoms with Gasteiger partial charge in [-0.1, -0.05) is 11.8 Å². The average molecular weight is 310 g/mol. The summed E-state index contributed by atoms with van der Waals surface area (Å²) < 4.78 is 6.79. The maximum atomic E-state index is 12.3. The average Bonchev–Trinajstić information content (AvgIpc) is 3.04. The number of carbonyl (C=O) groups excluding carboxylic acids is 2. The van der Waals surface area contributed by atoms with Crippen molar-refractivity contribution in [3.05, 3.63) is 6.33 Å². The largest absolute Gasteiger partial charge is 0.467 e. The molecule has 1 aliphatic carbocycles. The van der Waals surface area contributed by atoms with Gasteiger partial charge in [0, 0.05) is 12.6 Å². The number of amides is 1. The number of carbonyl (C=O) groups is 2. The summed E-state index contributed by atoms with van der Waals surface area (Å²) in [4.78, 5) is 25.6. The van der Waals surface area contributed by atoms with Crippen LogP contribution in [0.25, 0.3) is 0 Å². The number of hydrogen-bond acceptors (Lipinski definition) is 6. The van der Waals surface area contributed by atoms with E-state index in [0.29, 0.717) is 19.0 Å². The zero-order valence-electron chi connectivity index (χ0n) is 11.9. The van der Waals surface area contributed by atoms with Crippen molar-refractivity contribution < 1.29 is 14.3 Å². The van der Waals surface area contributed by atoms with Crippen molar-refractivity contribution in [1.82, 2.24) is 19.7 Å². The minimum absolute atomic E-state index is 0.0433. The van der Waals surface area contributed by atoms with E-state index in [9.17, 15) is 9.59 Å². The van der Waals surface area contributed by atoms with Crippen LogP contribution in [0.4, 0.5) is 0 Å². The summed E-state index contributed by atoms with van der Waals surface area (Å²) in [6, 6.07) is 0.0663. The Labute approximate surface area is 127 Å². The third-order valence-electron chi connectivity index (χ3n) is 3.85. The van der Waals surface area contributed by atoms with Crippen LogP contribution in [0.15, 0.2) is 11.5 Å². The lowest BCUT2D eigenvalue weighted by Gasteiger charge is -2.22. The highest BCUT2D eigenvalue weighted by molar-refractivity contribution is 7.99. The second-order valence-electron chi connectivity index (χ2n) is 5.31. The highest BCUT2D eigenvalue weighted by atomic mass is 32.2. The van der Waals surface area contributed by atoms with Gasteiger partial charge in [0.15, 0.2) is 5.16 Å². The van der Waals surface area contributed by atoms with E-state index < -0.39 is 6.04 Å². The molecular weight excluding hydrogens is 292 g/mol. The van der Waals surface area contributed by atoms with Crippen molar-refractivity contribution in [2.45, 2.75) is 42.9 Å². The lowest BCUT2D eigenvalue weighted by atomic mass is 10.2. The van der Waals surface area contributed by atoms with Crippen molar-refractivity contribution in [2.24, 2.45) is 0 Å². The molecule has 7 nitrogen and oxygen atoms in total. The van der Waals surface area contributed by atoms with Gasteiger partial charge in [0.2, 0.25) is 5.91 Å². The molecule has 1 atom stereocenters. The molecule has 3 rings (SSSR count). The number of nitrogens with zero attached hydrogens (tertiary/aromatic N) is 4. The van der Waals surface area contributed by atoms with Gasteiger partial charge < -0.3 is 14.2 Å². The van der Waals surface area contributed by atoms with Crippen molar-refractivity contribution in [2.75, 3.05) is 19.4 Å². The molecule has 2 heterocycles. The second kappa shape index (κ2) is 6.05. The minimum Gasteiger partial charge on any atom is -0.467 e. The van der Waals surface area contributed by atoms with Crippen LogP contribution in [-0.4, -0.2) is 57.0 Å². The number of aromatic nitrogens is 3. The first kappa shape index (κ1) is 14.4. The monoisotopic (exact) mass is 310 g/mol. The fraction of sp³-hybridized carbons (Fsp3) is 0.692. The molecule has 1 aliphatic heterocycles. The molecule has 1 aromatic heterocycles. The van der Waals surface area contributed by atoms with E-state index in [1.807, 2.05) is 4.57 Å². The molecule has 0 aromatic carbocycles. The Morgan fingerprint density at radius 3 is 2.95 bits per heavy atom. The Balaban J connectivity index is 1.58. The first-order valence-electron chi connectivity index (χ1n) is 7.10. The molecule has 1 saturated heterocycles. The summed E-state index contributed by atoms with van der Waals surface area (Å²) in [5.74, 6) is -0.0935. The Bertz CT molecular complexity index is 543. The smallest absolute Gasteiger partial charge is 0.328 e. The summed E-state index contributed by atoms with van der Waals surface area (Å²) in [6.07, 6.45) is 5.54. The van der Waals surface area contributed by atoms with Crippen LogP contribution in [0, 0.1) is 0 Å². The lowest BCUT2D eigenvalue weighted by Crippen LogP contribution is -2.42. The molecule has 1 aromatic rings. The second-order valence-corrected chi connectivity index (χ2v) is 6.25. The van der Waals surface area contributed by atoms with Crippen molar-refractivity contribution >= 4 is 23.6 Å². The molecule has 114 valence electrons. The van der Waals surface area contributed by atoms with Crippen LogP contribution < -0.4 is 0 Å².